The molecule has 1 rings (SSSR count). The molecule has 0 heterocycles. The van der Waals surface area contributed by atoms with E-state index in [4.69, 9.17) is 9.84 Å². The van der Waals surface area contributed by atoms with Crippen LogP contribution in [-0.2, 0) is 20.7 Å². The summed E-state index contributed by atoms with van der Waals surface area (Å²) in [5, 5.41) is 8.80. The van der Waals surface area contributed by atoms with Crippen molar-refractivity contribution >= 4 is 11.9 Å². The van der Waals surface area contributed by atoms with Crippen LogP contribution in [0.15, 0.2) is 30.3 Å². The number of carbonyl (C=O) groups is 2. The smallest absolute Gasteiger partial charge is 0.309 e. The summed E-state index contributed by atoms with van der Waals surface area (Å²) < 4.78 is 5.45. The second kappa shape index (κ2) is 13.5. The molecule has 1 N–H and O–H groups in total. The summed E-state index contributed by atoms with van der Waals surface area (Å²) in [6.07, 6.45) is 8.68. The third kappa shape index (κ3) is 10.6. The molecule has 4 heteroatoms. The summed E-state index contributed by atoms with van der Waals surface area (Å²) in [5.41, 5.74) is 1.08. The number of hydrogen-bond acceptors (Lipinski definition) is 3. The van der Waals surface area contributed by atoms with Crippen LogP contribution in [-0.4, -0.2) is 23.7 Å². The van der Waals surface area contributed by atoms with Gasteiger partial charge in [0.1, 0.15) is 0 Å². The van der Waals surface area contributed by atoms with Crippen LogP contribution in [0.1, 0.15) is 70.3 Å². The molecule has 1 aromatic rings. The van der Waals surface area contributed by atoms with E-state index in [1.807, 2.05) is 30.3 Å². The predicted molar refractivity (Wildman–Crippen MR) is 99.5 cm³/mol. The minimum atomic E-state index is -0.820. The molecule has 1 aromatic carbocycles. The molecule has 0 saturated carbocycles. The third-order valence-corrected chi connectivity index (χ3v) is 4.34. The van der Waals surface area contributed by atoms with E-state index in [2.05, 4.69) is 6.92 Å². The molecule has 140 valence electrons. The molecule has 1 atom stereocenters. The topological polar surface area (TPSA) is 63.6 Å². The molecule has 0 amide bonds. The first-order valence-electron chi connectivity index (χ1n) is 9.55. The summed E-state index contributed by atoms with van der Waals surface area (Å²) in [4.78, 5) is 23.1. The number of carboxylic acids is 1. The second-order valence-corrected chi connectivity index (χ2v) is 6.61. The molecule has 0 radical (unpaired) electrons. The van der Waals surface area contributed by atoms with Gasteiger partial charge in [0.25, 0.3) is 0 Å². The number of benzene rings is 1. The Kier molecular flexibility index (Phi) is 11.4. The van der Waals surface area contributed by atoms with Gasteiger partial charge in [0.05, 0.1) is 12.5 Å². The van der Waals surface area contributed by atoms with Crippen LogP contribution < -0.4 is 0 Å². The lowest BCUT2D eigenvalue weighted by molar-refractivity contribution is -0.149. The van der Waals surface area contributed by atoms with E-state index in [1.165, 1.54) is 25.7 Å². The van der Waals surface area contributed by atoms with Gasteiger partial charge in [-0.25, -0.2) is 0 Å². The Hall–Kier alpha value is -1.84. The normalized spacial score (nSPS) is 11.9. The lowest BCUT2D eigenvalue weighted by Gasteiger charge is -2.16. The van der Waals surface area contributed by atoms with Gasteiger partial charge in [0.2, 0.25) is 0 Å². The van der Waals surface area contributed by atoms with Crippen LogP contribution in [0.2, 0.25) is 0 Å². The first-order chi connectivity index (χ1) is 12.1. The average molecular weight is 348 g/mol. The summed E-state index contributed by atoms with van der Waals surface area (Å²) in [6, 6.07) is 9.83. The lowest BCUT2D eigenvalue weighted by atomic mass is 9.94. The van der Waals surface area contributed by atoms with E-state index in [9.17, 15) is 9.59 Å². The van der Waals surface area contributed by atoms with Crippen LogP contribution in [0.25, 0.3) is 0 Å². The van der Waals surface area contributed by atoms with E-state index in [-0.39, 0.29) is 18.3 Å². The number of rotatable bonds is 14. The Morgan fingerprint density at radius 1 is 1.00 bits per heavy atom. The molecule has 1 unspecified atom stereocenters. The molecular formula is C21H32O4. The minimum Gasteiger partial charge on any atom is -0.481 e. The summed E-state index contributed by atoms with van der Waals surface area (Å²) >= 11 is 0. The van der Waals surface area contributed by atoms with Gasteiger partial charge in [-0.15, -0.1) is 0 Å². The number of unbranched alkanes of at least 4 members (excludes halogenated alkanes) is 5. The van der Waals surface area contributed by atoms with Gasteiger partial charge < -0.3 is 9.84 Å². The van der Waals surface area contributed by atoms with Gasteiger partial charge in [0.15, 0.2) is 0 Å². The van der Waals surface area contributed by atoms with E-state index in [0.717, 1.165) is 18.4 Å². The maximum absolute atomic E-state index is 12.4. The molecule has 0 aliphatic rings. The van der Waals surface area contributed by atoms with Crippen molar-refractivity contribution in [3.63, 3.8) is 0 Å². The van der Waals surface area contributed by atoms with Gasteiger partial charge in [-0.3, -0.25) is 9.59 Å². The van der Waals surface area contributed by atoms with E-state index in [0.29, 0.717) is 25.9 Å². The molecular weight excluding hydrogens is 316 g/mol. The molecule has 0 aromatic heterocycles. The lowest BCUT2D eigenvalue weighted by Crippen LogP contribution is -2.21. The van der Waals surface area contributed by atoms with Crippen LogP contribution in [0.4, 0.5) is 0 Å². The van der Waals surface area contributed by atoms with Crippen molar-refractivity contribution in [3.05, 3.63) is 35.9 Å². The zero-order valence-corrected chi connectivity index (χ0v) is 15.4. The van der Waals surface area contributed by atoms with Gasteiger partial charge in [-0.2, -0.15) is 0 Å². The Morgan fingerprint density at radius 2 is 1.68 bits per heavy atom. The molecule has 25 heavy (non-hydrogen) atoms. The Bertz CT molecular complexity index is 484. The highest BCUT2D eigenvalue weighted by molar-refractivity contribution is 5.73. The SMILES string of the molecule is CCCCCCCCOC(=O)C(CCCC(=O)O)Cc1ccccc1. The highest BCUT2D eigenvalue weighted by Gasteiger charge is 2.20. The highest BCUT2D eigenvalue weighted by atomic mass is 16.5. The molecule has 4 nitrogen and oxygen atoms in total. The number of ether oxygens (including phenoxy) is 1. The maximum atomic E-state index is 12.4. The molecule has 0 aliphatic carbocycles. The van der Waals surface area contributed by atoms with Gasteiger partial charge in [-0.1, -0.05) is 69.4 Å². The van der Waals surface area contributed by atoms with Crippen molar-refractivity contribution in [2.24, 2.45) is 5.92 Å². The second-order valence-electron chi connectivity index (χ2n) is 6.61. The molecule has 0 fully saturated rings. The highest BCUT2D eigenvalue weighted by Crippen LogP contribution is 2.18. The van der Waals surface area contributed by atoms with Crippen LogP contribution >= 0.6 is 0 Å². The maximum Gasteiger partial charge on any atom is 0.309 e. The van der Waals surface area contributed by atoms with Crippen molar-refractivity contribution in [2.45, 2.75) is 71.1 Å². The zero-order valence-electron chi connectivity index (χ0n) is 15.4. The fraction of sp³-hybridized carbons (Fsp3) is 0.619. The quantitative estimate of drug-likeness (QED) is 0.379. The third-order valence-electron chi connectivity index (χ3n) is 4.34. The summed E-state index contributed by atoms with van der Waals surface area (Å²) in [5.74, 6) is -1.27. The Balaban J connectivity index is 2.38. The molecule has 0 bridgehead atoms. The van der Waals surface area contributed by atoms with E-state index < -0.39 is 5.97 Å². The van der Waals surface area contributed by atoms with Crippen molar-refractivity contribution in [2.75, 3.05) is 6.61 Å². The monoisotopic (exact) mass is 348 g/mol. The number of hydrogen-bond donors (Lipinski definition) is 1. The average Bonchev–Trinajstić information content (AvgIpc) is 2.60. The van der Waals surface area contributed by atoms with Gasteiger partial charge in [0, 0.05) is 6.42 Å². The van der Waals surface area contributed by atoms with Crippen molar-refractivity contribution in [1.29, 1.82) is 0 Å². The summed E-state index contributed by atoms with van der Waals surface area (Å²) in [6.45, 7) is 2.66. The van der Waals surface area contributed by atoms with Crippen LogP contribution in [0.3, 0.4) is 0 Å². The zero-order chi connectivity index (χ0) is 18.3. The van der Waals surface area contributed by atoms with Crippen molar-refractivity contribution < 1.29 is 19.4 Å². The fourth-order valence-corrected chi connectivity index (χ4v) is 2.87. The Labute approximate surface area is 151 Å². The standard InChI is InChI=1S/C21H32O4/c1-2-3-4-5-6-10-16-25-21(24)19(14-11-15-20(22)23)17-18-12-8-7-9-13-18/h7-9,12-13,19H,2-6,10-11,14-17H2,1H3,(H,22,23). The van der Waals surface area contributed by atoms with Crippen LogP contribution in [0, 0.1) is 5.92 Å². The predicted octanol–water partition coefficient (Wildman–Crippen LogP) is 5.00. The number of esters is 1. The molecule has 0 aliphatic heterocycles. The van der Waals surface area contributed by atoms with Crippen LogP contribution in [0.5, 0.6) is 0 Å². The first-order valence-corrected chi connectivity index (χ1v) is 9.55. The number of carboxylic acid groups (broad SMARTS) is 1. The molecule has 0 saturated heterocycles. The minimum absolute atomic E-state index is 0.0933. The van der Waals surface area contributed by atoms with E-state index >= 15 is 0 Å². The van der Waals surface area contributed by atoms with Crippen molar-refractivity contribution in [3.8, 4) is 0 Å². The summed E-state index contributed by atoms with van der Waals surface area (Å²) in [7, 11) is 0. The number of aliphatic carboxylic acids is 1. The number of carbonyl (C=O) groups excluding carboxylic acids is 1. The largest absolute Gasteiger partial charge is 0.481 e. The molecule has 0 spiro atoms. The Morgan fingerprint density at radius 3 is 2.36 bits per heavy atom. The van der Waals surface area contributed by atoms with Crippen molar-refractivity contribution in [1.82, 2.24) is 0 Å². The van der Waals surface area contributed by atoms with Gasteiger partial charge >= 0.3 is 11.9 Å². The van der Waals surface area contributed by atoms with Gasteiger partial charge in [-0.05, 0) is 31.2 Å². The van der Waals surface area contributed by atoms with E-state index in [1.54, 1.807) is 0 Å². The fourth-order valence-electron chi connectivity index (χ4n) is 2.87. The first kappa shape index (κ1) is 21.2.